The molecule has 2 fully saturated rings. The molecule has 2 saturated heterocycles. The van der Waals surface area contributed by atoms with Crippen LogP contribution in [0.2, 0.25) is 10.0 Å². The normalized spacial score (nSPS) is 23.6. The fourth-order valence-electron chi connectivity index (χ4n) is 3.61. The summed E-state index contributed by atoms with van der Waals surface area (Å²) in [7, 11) is -1.60. The lowest BCUT2D eigenvalue weighted by Crippen LogP contribution is -2.38. The van der Waals surface area contributed by atoms with Gasteiger partial charge in [-0.1, -0.05) is 53.2 Å². The van der Waals surface area contributed by atoms with Gasteiger partial charge in [-0.2, -0.15) is 4.99 Å². The Labute approximate surface area is 189 Å². The SMILES string of the molecule is COc1ccc(CC(=O)N=C2SC3CS(=O)(=O)CC3N2c2c(Cl)cccc2Cl)cc1. The first-order valence-electron chi connectivity index (χ1n) is 9.12. The molecule has 2 atom stereocenters. The molecule has 4 rings (SSSR count). The lowest BCUT2D eigenvalue weighted by Gasteiger charge is -2.26. The minimum absolute atomic E-state index is 0.0299. The molecule has 0 bridgehead atoms. The van der Waals surface area contributed by atoms with Gasteiger partial charge in [0.1, 0.15) is 5.75 Å². The summed E-state index contributed by atoms with van der Waals surface area (Å²) in [5.74, 6) is 0.376. The van der Waals surface area contributed by atoms with E-state index < -0.39 is 9.84 Å². The predicted octanol–water partition coefficient (Wildman–Crippen LogP) is 3.85. The summed E-state index contributed by atoms with van der Waals surface area (Å²) in [5.41, 5.74) is 1.28. The van der Waals surface area contributed by atoms with Gasteiger partial charge in [-0.3, -0.25) is 4.79 Å². The van der Waals surface area contributed by atoms with E-state index in [9.17, 15) is 13.2 Å². The highest BCUT2D eigenvalue weighted by Gasteiger charge is 2.50. The third kappa shape index (κ3) is 4.32. The molecule has 0 spiro atoms. The van der Waals surface area contributed by atoms with E-state index >= 15 is 0 Å². The maximum absolute atomic E-state index is 12.7. The minimum atomic E-state index is -3.18. The van der Waals surface area contributed by atoms with Crippen LogP contribution in [-0.4, -0.2) is 49.4 Å². The summed E-state index contributed by atoms with van der Waals surface area (Å²) in [4.78, 5) is 18.7. The lowest BCUT2D eigenvalue weighted by molar-refractivity contribution is -0.117. The number of methoxy groups -OCH3 is 1. The molecule has 2 unspecified atom stereocenters. The fraction of sp³-hybridized carbons (Fsp3) is 0.300. The van der Waals surface area contributed by atoms with Gasteiger partial charge in [0.25, 0.3) is 5.91 Å². The Morgan fingerprint density at radius 2 is 1.83 bits per heavy atom. The number of fused-ring (bicyclic) bond motifs is 1. The average molecular weight is 485 g/mol. The number of carbonyl (C=O) groups excluding carboxylic acids is 1. The zero-order chi connectivity index (χ0) is 21.5. The molecule has 2 aliphatic heterocycles. The number of rotatable bonds is 4. The fourth-order valence-corrected chi connectivity index (χ4v) is 8.11. The van der Waals surface area contributed by atoms with E-state index in [0.29, 0.717) is 26.6 Å². The smallest absolute Gasteiger partial charge is 0.252 e. The largest absolute Gasteiger partial charge is 0.497 e. The van der Waals surface area contributed by atoms with Crippen LogP contribution in [0.5, 0.6) is 5.75 Å². The molecule has 0 aromatic heterocycles. The van der Waals surface area contributed by atoms with Crippen LogP contribution in [0.25, 0.3) is 0 Å². The summed E-state index contributed by atoms with van der Waals surface area (Å²) in [5, 5.41) is 0.954. The van der Waals surface area contributed by atoms with Crippen molar-refractivity contribution in [2.45, 2.75) is 17.7 Å². The minimum Gasteiger partial charge on any atom is -0.497 e. The molecule has 30 heavy (non-hydrogen) atoms. The van der Waals surface area contributed by atoms with Gasteiger partial charge >= 0.3 is 0 Å². The summed E-state index contributed by atoms with van der Waals surface area (Å²) in [6.45, 7) is 0. The number of sulfone groups is 1. The van der Waals surface area contributed by atoms with Crippen molar-refractivity contribution >= 4 is 61.6 Å². The summed E-state index contributed by atoms with van der Waals surface area (Å²) in [6.07, 6.45) is 0.117. The molecule has 2 aliphatic rings. The molecule has 6 nitrogen and oxygen atoms in total. The van der Waals surface area contributed by atoms with Crippen molar-refractivity contribution in [1.29, 1.82) is 0 Å². The molecule has 0 radical (unpaired) electrons. The van der Waals surface area contributed by atoms with Gasteiger partial charge < -0.3 is 9.64 Å². The third-order valence-corrected chi connectivity index (χ3v) is 8.80. The van der Waals surface area contributed by atoms with E-state index in [2.05, 4.69) is 4.99 Å². The number of hydrogen-bond donors (Lipinski definition) is 0. The molecule has 0 N–H and O–H groups in total. The van der Waals surface area contributed by atoms with Gasteiger partial charge in [0.15, 0.2) is 15.0 Å². The van der Waals surface area contributed by atoms with Crippen LogP contribution in [-0.2, 0) is 21.1 Å². The third-order valence-electron chi connectivity index (χ3n) is 4.98. The number of nitrogens with zero attached hydrogens (tertiary/aromatic N) is 2. The average Bonchev–Trinajstić information content (AvgIpc) is 3.14. The van der Waals surface area contributed by atoms with E-state index in [4.69, 9.17) is 27.9 Å². The Bertz CT molecular complexity index is 1100. The quantitative estimate of drug-likeness (QED) is 0.655. The van der Waals surface area contributed by atoms with Gasteiger partial charge in [0.05, 0.1) is 46.8 Å². The number of halogens is 2. The van der Waals surface area contributed by atoms with E-state index in [0.717, 1.165) is 5.56 Å². The second-order valence-corrected chi connectivity index (χ2v) is 11.2. The standard InChI is InChI=1S/C20H18Cl2N2O4S2/c1-28-13-7-5-12(6-8-13)9-18(25)23-20-24(19-14(21)3-2-4-15(19)22)16-10-30(26,27)11-17(16)29-20/h2-8,16-17H,9-11H2,1H3. The molecule has 0 saturated carbocycles. The second kappa shape index (κ2) is 8.42. The first-order valence-corrected chi connectivity index (χ1v) is 12.6. The van der Waals surface area contributed by atoms with E-state index in [1.165, 1.54) is 11.8 Å². The zero-order valence-electron chi connectivity index (χ0n) is 15.9. The number of anilines is 1. The number of para-hydroxylation sites is 1. The Hall–Kier alpha value is -1.74. The van der Waals surface area contributed by atoms with E-state index in [-0.39, 0.29) is 35.1 Å². The number of carbonyl (C=O) groups is 1. The molecule has 2 aromatic rings. The number of thioether (sulfide) groups is 1. The van der Waals surface area contributed by atoms with E-state index in [1.807, 2.05) is 12.1 Å². The van der Waals surface area contributed by atoms with Crippen LogP contribution >= 0.6 is 35.0 Å². The van der Waals surface area contributed by atoms with E-state index in [1.54, 1.807) is 42.3 Å². The van der Waals surface area contributed by atoms with Gasteiger partial charge in [-0.05, 0) is 29.8 Å². The molecular formula is C20H18Cl2N2O4S2. The number of amides is 1. The molecule has 1 amide bonds. The topological polar surface area (TPSA) is 76.0 Å². The van der Waals surface area contributed by atoms with Crippen LogP contribution in [0, 0.1) is 0 Å². The highest BCUT2D eigenvalue weighted by atomic mass is 35.5. The van der Waals surface area contributed by atoms with Crippen molar-refractivity contribution in [3.8, 4) is 5.75 Å². The number of benzene rings is 2. The molecule has 2 aromatic carbocycles. The lowest BCUT2D eigenvalue weighted by atomic mass is 10.1. The van der Waals surface area contributed by atoms with Gasteiger partial charge in [0.2, 0.25) is 0 Å². The maximum Gasteiger partial charge on any atom is 0.252 e. The summed E-state index contributed by atoms with van der Waals surface area (Å²) in [6, 6.07) is 11.9. The second-order valence-electron chi connectivity index (χ2n) is 7.05. The van der Waals surface area contributed by atoms with Crippen LogP contribution in [0.4, 0.5) is 5.69 Å². The van der Waals surface area contributed by atoms with Gasteiger partial charge in [-0.25, -0.2) is 8.42 Å². The van der Waals surface area contributed by atoms with Crippen molar-refractivity contribution < 1.29 is 17.9 Å². The van der Waals surface area contributed by atoms with Crippen LogP contribution in [0.1, 0.15) is 5.56 Å². The van der Waals surface area contributed by atoms with Crippen LogP contribution in [0.3, 0.4) is 0 Å². The molecule has 10 heteroatoms. The van der Waals surface area contributed by atoms with Gasteiger partial charge in [-0.15, -0.1) is 0 Å². The van der Waals surface area contributed by atoms with Crippen molar-refractivity contribution in [2.24, 2.45) is 4.99 Å². The first-order chi connectivity index (χ1) is 14.3. The van der Waals surface area contributed by atoms with Crippen LogP contribution in [0.15, 0.2) is 47.5 Å². The van der Waals surface area contributed by atoms with Crippen molar-refractivity contribution in [1.82, 2.24) is 0 Å². The molecule has 2 heterocycles. The van der Waals surface area contributed by atoms with Crippen molar-refractivity contribution in [3.05, 3.63) is 58.1 Å². The highest BCUT2D eigenvalue weighted by Crippen LogP contribution is 2.45. The highest BCUT2D eigenvalue weighted by molar-refractivity contribution is 8.16. The summed E-state index contributed by atoms with van der Waals surface area (Å²) >= 11 is 14.1. The number of ether oxygens (including phenoxy) is 1. The van der Waals surface area contributed by atoms with Gasteiger partial charge in [0, 0.05) is 5.25 Å². The molecule has 158 valence electrons. The predicted molar refractivity (Wildman–Crippen MR) is 122 cm³/mol. The summed E-state index contributed by atoms with van der Waals surface area (Å²) < 4.78 is 29.5. The molecular weight excluding hydrogens is 467 g/mol. The Balaban J connectivity index is 1.66. The van der Waals surface area contributed by atoms with Crippen LogP contribution < -0.4 is 9.64 Å². The number of hydrogen-bond acceptors (Lipinski definition) is 5. The number of amidine groups is 1. The Morgan fingerprint density at radius 3 is 2.47 bits per heavy atom. The Morgan fingerprint density at radius 1 is 1.17 bits per heavy atom. The zero-order valence-corrected chi connectivity index (χ0v) is 19.1. The Kier molecular flexibility index (Phi) is 6.03. The molecule has 0 aliphatic carbocycles. The first kappa shape index (κ1) is 21.5. The van der Waals surface area contributed by atoms with Crippen molar-refractivity contribution in [2.75, 3.05) is 23.5 Å². The maximum atomic E-state index is 12.7. The van der Waals surface area contributed by atoms with Crippen molar-refractivity contribution in [3.63, 3.8) is 0 Å². The monoisotopic (exact) mass is 484 g/mol. The number of aliphatic imine (C=N–C) groups is 1.